The quantitative estimate of drug-likeness (QED) is 0.482. The zero-order valence-corrected chi connectivity index (χ0v) is 21.0. The maximum absolute atomic E-state index is 6.01. The Morgan fingerprint density at radius 2 is 1.15 bits per heavy atom. The van der Waals surface area contributed by atoms with Crippen molar-refractivity contribution in [1.82, 2.24) is 0 Å². The van der Waals surface area contributed by atoms with Crippen molar-refractivity contribution in [2.24, 2.45) is 0 Å². The van der Waals surface area contributed by atoms with Gasteiger partial charge in [-0.05, 0) is 74.2 Å². The highest BCUT2D eigenvalue weighted by Gasteiger charge is 2.30. The molecule has 3 fully saturated rings. The standard InChI is InChI=1S/C28H38N2O4/c1-5-21-11-23(7-9-27(21)33-17-25-15-31-25)29-13-20(4)30(14-19(29)3)24-8-10-28(22(6-2)12-24)34-18-26-16-32-26/h7-12,19-20,25-26H,5-6,13-18H2,1-4H3. The van der Waals surface area contributed by atoms with E-state index < -0.39 is 0 Å². The number of anilines is 2. The summed E-state index contributed by atoms with van der Waals surface area (Å²) in [7, 11) is 0. The van der Waals surface area contributed by atoms with E-state index in [9.17, 15) is 0 Å². The maximum atomic E-state index is 6.01. The molecule has 0 aliphatic carbocycles. The Morgan fingerprint density at radius 1 is 0.735 bits per heavy atom. The number of hydrogen-bond donors (Lipinski definition) is 0. The van der Waals surface area contributed by atoms with E-state index in [1.807, 2.05) is 0 Å². The summed E-state index contributed by atoms with van der Waals surface area (Å²) >= 11 is 0. The fraction of sp³-hybridized carbons (Fsp3) is 0.571. The van der Waals surface area contributed by atoms with Gasteiger partial charge in [0.05, 0.1) is 13.2 Å². The van der Waals surface area contributed by atoms with E-state index in [1.54, 1.807) is 0 Å². The van der Waals surface area contributed by atoms with Crippen LogP contribution in [0.2, 0.25) is 0 Å². The summed E-state index contributed by atoms with van der Waals surface area (Å²) in [6, 6.07) is 14.1. The minimum atomic E-state index is 0.277. The summed E-state index contributed by atoms with van der Waals surface area (Å²) in [6.07, 6.45) is 2.47. The third-order valence-electron chi connectivity index (χ3n) is 7.15. The highest BCUT2D eigenvalue weighted by molar-refractivity contribution is 5.59. The molecule has 0 aromatic heterocycles. The largest absolute Gasteiger partial charge is 0.491 e. The molecule has 2 aromatic rings. The Kier molecular flexibility index (Phi) is 6.89. The molecule has 6 nitrogen and oxygen atoms in total. The first-order chi connectivity index (χ1) is 16.6. The van der Waals surface area contributed by atoms with Crippen molar-refractivity contribution >= 4 is 11.4 Å². The van der Waals surface area contributed by atoms with Crippen molar-refractivity contribution in [2.75, 3.05) is 49.3 Å². The van der Waals surface area contributed by atoms with Gasteiger partial charge in [0, 0.05) is 36.5 Å². The first-order valence-electron chi connectivity index (χ1n) is 12.8. The predicted octanol–water partition coefficient (Wildman–Crippen LogP) is 4.47. The van der Waals surface area contributed by atoms with Gasteiger partial charge in [0.2, 0.25) is 0 Å². The number of benzene rings is 2. The van der Waals surface area contributed by atoms with Crippen molar-refractivity contribution in [1.29, 1.82) is 0 Å². The molecule has 0 radical (unpaired) electrons. The van der Waals surface area contributed by atoms with Crippen LogP contribution in [0.4, 0.5) is 11.4 Å². The summed E-state index contributed by atoms with van der Waals surface area (Å²) in [5.41, 5.74) is 5.10. The van der Waals surface area contributed by atoms with Crippen LogP contribution in [0, 0.1) is 0 Å². The zero-order chi connectivity index (χ0) is 23.7. The molecular weight excluding hydrogens is 428 g/mol. The van der Waals surface area contributed by atoms with Gasteiger partial charge in [0.15, 0.2) is 0 Å². The van der Waals surface area contributed by atoms with Gasteiger partial charge in [-0.1, -0.05) is 13.8 Å². The minimum absolute atomic E-state index is 0.277. The van der Waals surface area contributed by atoms with Crippen LogP contribution in [0.25, 0.3) is 0 Å². The van der Waals surface area contributed by atoms with E-state index in [2.05, 4.69) is 73.9 Å². The van der Waals surface area contributed by atoms with E-state index in [0.29, 0.717) is 25.3 Å². The lowest BCUT2D eigenvalue weighted by Gasteiger charge is -2.46. The number of rotatable bonds is 10. The molecule has 6 heteroatoms. The van der Waals surface area contributed by atoms with Crippen LogP contribution in [0.5, 0.6) is 11.5 Å². The zero-order valence-electron chi connectivity index (χ0n) is 21.0. The number of piperazine rings is 1. The van der Waals surface area contributed by atoms with Crippen molar-refractivity contribution in [3.8, 4) is 11.5 Å². The van der Waals surface area contributed by atoms with Crippen LogP contribution < -0.4 is 19.3 Å². The van der Waals surface area contributed by atoms with E-state index in [0.717, 1.165) is 50.6 Å². The molecule has 0 saturated carbocycles. The van der Waals surface area contributed by atoms with Crippen LogP contribution in [0.1, 0.15) is 38.8 Å². The normalized spacial score (nSPS) is 25.9. The lowest BCUT2D eigenvalue weighted by atomic mass is 10.0. The van der Waals surface area contributed by atoms with E-state index >= 15 is 0 Å². The molecule has 0 amide bonds. The molecule has 4 atom stereocenters. The SMILES string of the molecule is CCc1cc(N2CC(C)N(c3ccc(OCC4CO4)c(CC)c3)CC2C)ccc1OCC1CO1. The van der Waals surface area contributed by atoms with E-state index in [-0.39, 0.29) is 12.2 Å². The number of ether oxygens (including phenoxy) is 4. The van der Waals surface area contributed by atoms with Gasteiger partial charge in [-0.2, -0.15) is 0 Å². The van der Waals surface area contributed by atoms with Crippen LogP contribution in [-0.4, -0.2) is 63.8 Å². The fourth-order valence-corrected chi connectivity index (χ4v) is 4.86. The molecule has 4 unspecified atom stereocenters. The topological polar surface area (TPSA) is 50.0 Å². The van der Waals surface area contributed by atoms with Crippen molar-refractivity contribution in [2.45, 2.75) is 64.8 Å². The molecule has 184 valence electrons. The lowest BCUT2D eigenvalue weighted by molar-refractivity contribution is 0.261. The highest BCUT2D eigenvalue weighted by atomic mass is 16.6. The average Bonchev–Trinajstić information content (AvgIpc) is 3.78. The molecule has 3 aliphatic heterocycles. The summed E-state index contributed by atoms with van der Waals surface area (Å²) in [6.45, 7) is 14.0. The number of nitrogens with zero attached hydrogens (tertiary/aromatic N) is 2. The average molecular weight is 467 g/mol. The summed E-state index contributed by atoms with van der Waals surface area (Å²) < 4.78 is 22.6. The molecule has 3 aliphatic rings. The van der Waals surface area contributed by atoms with Crippen LogP contribution in [-0.2, 0) is 22.3 Å². The molecule has 2 aromatic carbocycles. The number of epoxide rings is 2. The molecule has 0 N–H and O–H groups in total. The second kappa shape index (κ2) is 10.0. The van der Waals surface area contributed by atoms with Crippen molar-refractivity contribution in [3.63, 3.8) is 0 Å². The van der Waals surface area contributed by atoms with Crippen LogP contribution in [0.3, 0.4) is 0 Å². The van der Waals surface area contributed by atoms with Crippen LogP contribution in [0.15, 0.2) is 36.4 Å². The molecule has 3 saturated heterocycles. The van der Waals surface area contributed by atoms with Crippen molar-refractivity contribution < 1.29 is 18.9 Å². The van der Waals surface area contributed by atoms with Gasteiger partial charge in [0.25, 0.3) is 0 Å². The molecule has 0 bridgehead atoms. The molecule has 3 heterocycles. The Bertz CT molecular complexity index is 909. The molecule has 34 heavy (non-hydrogen) atoms. The Balaban J connectivity index is 1.28. The van der Waals surface area contributed by atoms with Gasteiger partial charge >= 0.3 is 0 Å². The van der Waals surface area contributed by atoms with Gasteiger partial charge in [-0.25, -0.2) is 0 Å². The maximum Gasteiger partial charge on any atom is 0.122 e. The second-order valence-electron chi connectivity index (χ2n) is 9.83. The first kappa shape index (κ1) is 23.3. The van der Waals surface area contributed by atoms with E-state index in [4.69, 9.17) is 18.9 Å². The monoisotopic (exact) mass is 466 g/mol. The second-order valence-corrected chi connectivity index (χ2v) is 9.83. The predicted molar refractivity (Wildman–Crippen MR) is 136 cm³/mol. The summed E-state index contributed by atoms with van der Waals surface area (Å²) in [5, 5.41) is 0. The summed E-state index contributed by atoms with van der Waals surface area (Å²) in [4.78, 5) is 5.09. The Hall–Kier alpha value is -2.44. The number of aryl methyl sites for hydroxylation is 2. The van der Waals surface area contributed by atoms with Crippen molar-refractivity contribution in [3.05, 3.63) is 47.5 Å². The first-order valence-corrected chi connectivity index (χ1v) is 12.8. The number of hydrogen-bond acceptors (Lipinski definition) is 6. The van der Waals surface area contributed by atoms with Crippen LogP contribution >= 0.6 is 0 Å². The van der Waals surface area contributed by atoms with Gasteiger partial charge in [0.1, 0.15) is 36.9 Å². The van der Waals surface area contributed by atoms with Gasteiger partial charge in [-0.15, -0.1) is 0 Å². The third-order valence-corrected chi connectivity index (χ3v) is 7.15. The molecule has 5 rings (SSSR count). The highest BCUT2D eigenvalue weighted by Crippen LogP contribution is 2.33. The summed E-state index contributed by atoms with van der Waals surface area (Å²) in [5.74, 6) is 1.98. The fourth-order valence-electron chi connectivity index (χ4n) is 4.86. The van der Waals surface area contributed by atoms with Gasteiger partial charge < -0.3 is 28.7 Å². The Morgan fingerprint density at radius 3 is 1.50 bits per heavy atom. The smallest absolute Gasteiger partial charge is 0.122 e. The van der Waals surface area contributed by atoms with E-state index in [1.165, 1.54) is 22.5 Å². The lowest BCUT2D eigenvalue weighted by Crippen LogP contribution is -2.56. The Labute approximate surface area is 203 Å². The minimum Gasteiger partial charge on any atom is -0.491 e. The van der Waals surface area contributed by atoms with Gasteiger partial charge in [-0.3, -0.25) is 0 Å². The molecule has 0 spiro atoms. The third kappa shape index (κ3) is 5.28. The molecular formula is C28H38N2O4.